The van der Waals surface area contributed by atoms with Crippen molar-refractivity contribution in [3.63, 3.8) is 0 Å². The number of rotatable bonds is 3. The molecule has 0 fully saturated rings. The molecule has 0 saturated heterocycles. The minimum absolute atomic E-state index is 0.675. The summed E-state index contributed by atoms with van der Waals surface area (Å²) in [6, 6.07) is 9.98. The first kappa shape index (κ1) is 12.5. The standard InChI is InChI=1S/C15H17N5/c1-3-13-18-14(15(16)19(13)2)11-9-17-20(10-11)12-7-5-4-6-8-12/h4-10H,3,16H2,1-2H3. The number of nitrogens with two attached hydrogens (primary N) is 1. The van der Waals surface area contributed by atoms with Gasteiger partial charge in [0.1, 0.15) is 17.3 Å². The van der Waals surface area contributed by atoms with Gasteiger partial charge in [-0.2, -0.15) is 5.10 Å². The van der Waals surface area contributed by atoms with E-state index in [0.717, 1.165) is 29.2 Å². The van der Waals surface area contributed by atoms with Gasteiger partial charge in [-0.3, -0.25) is 0 Å². The Morgan fingerprint density at radius 2 is 1.95 bits per heavy atom. The fourth-order valence-corrected chi connectivity index (χ4v) is 2.25. The first-order valence-corrected chi connectivity index (χ1v) is 6.62. The Hall–Kier alpha value is -2.56. The molecule has 0 aliphatic rings. The number of para-hydroxylation sites is 1. The first-order chi connectivity index (χ1) is 9.70. The zero-order chi connectivity index (χ0) is 14.1. The van der Waals surface area contributed by atoms with E-state index in [2.05, 4.69) is 17.0 Å². The molecule has 2 heterocycles. The maximum absolute atomic E-state index is 6.12. The highest BCUT2D eigenvalue weighted by atomic mass is 15.3. The molecule has 0 radical (unpaired) electrons. The van der Waals surface area contributed by atoms with Gasteiger partial charge in [-0.1, -0.05) is 25.1 Å². The van der Waals surface area contributed by atoms with Crippen molar-refractivity contribution in [2.75, 3.05) is 5.73 Å². The van der Waals surface area contributed by atoms with Crippen LogP contribution >= 0.6 is 0 Å². The van der Waals surface area contributed by atoms with E-state index in [1.807, 2.05) is 52.8 Å². The summed E-state index contributed by atoms with van der Waals surface area (Å²) in [7, 11) is 1.94. The van der Waals surface area contributed by atoms with Crippen molar-refractivity contribution in [1.29, 1.82) is 0 Å². The summed E-state index contributed by atoms with van der Waals surface area (Å²) in [6.45, 7) is 2.07. The molecular formula is C15H17N5. The van der Waals surface area contributed by atoms with E-state index in [-0.39, 0.29) is 0 Å². The fraction of sp³-hybridized carbons (Fsp3) is 0.200. The molecule has 2 N–H and O–H groups in total. The molecule has 0 unspecified atom stereocenters. The van der Waals surface area contributed by atoms with Crippen molar-refractivity contribution in [3.05, 3.63) is 48.5 Å². The van der Waals surface area contributed by atoms with Gasteiger partial charge in [-0.15, -0.1) is 0 Å². The highest BCUT2D eigenvalue weighted by Gasteiger charge is 2.14. The Labute approximate surface area is 117 Å². The summed E-state index contributed by atoms with van der Waals surface area (Å²) in [4.78, 5) is 4.59. The highest BCUT2D eigenvalue weighted by Crippen LogP contribution is 2.26. The van der Waals surface area contributed by atoms with Crippen molar-refractivity contribution < 1.29 is 0 Å². The number of hydrogen-bond acceptors (Lipinski definition) is 3. The lowest BCUT2D eigenvalue weighted by atomic mass is 10.2. The second-order valence-corrected chi connectivity index (χ2v) is 4.68. The van der Waals surface area contributed by atoms with Gasteiger partial charge in [0, 0.05) is 25.2 Å². The van der Waals surface area contributed by atoms with Crippen LogP contribution in [0.25, 0.3) is 16.9 Å². The third-order valence-electron chi connectivity index (χ3n) is 3.42. The molecule has 1 aromatic carbocycles. The lowest BCUT2D eigenvalue weighted by Gasteiger charge is -1.99. The molecule has 0 aliphatic heterocycles. The number of nitrogens with zero attached hydrogens (tertiary/aromatic N) is 4. The Balaban J connectivity index is 2.03. The van der Waals surface area contributed by atoms with Gasteiger partial charge in [-0.05, 0) is 12.1 Å². The minimum atomic E-state index is 0.675. The van der Waals surface area contributed by atoms with Crippen LogP contribution in [0.1, 0.15) is 12.7 Å². The summed E-state index contributed by atoms with van der Waals surface area (Å²) < 4.78 is 3.75. The lowest BCUT2D eigenvalue weighted by Crippen LogP contribution is -2.00. The molecule has 102 valence electrons. The average molecular weight is 267 g/mol. The van der Waals surface area contributed by atoms with Crippen LogP contribution in [-0.2, 0) is 13.5 Å². The molecule has 20 heavy (non-hydrogen) atoms. The number of aromatic nitrogens is 4. The molecule has 0 amide bonds. The largest absolute Gasteiger partial charge is 0.383 e. The van der Waals surface area contributed by atoms with E-state index in [1.54, 1.807) is 6.20 Å². The van der Waals surface area contributed by atoms with Crippen molar-refractivity contribution in [2.45, 2.75) is 13.3 Å². The number of anilines is 1. The van der Waals surface area contributed by atoms with Gasteiger partial charge < -0.3 is 10.3 Å². The summed E-state index contributed by atoms with van der Waals surface area (Å²) in [5, 5.41) is 4.38. The van der Waals surface area contributed by atoms with Crippen LogP contribution < -0.4 is 5.73 Å². The van der Waals surface area contributed by atoms with Gasteiger partial charge in [0.25, 0.3) is 0 Å². The second kappa shape index (κ2) is 4.85. The Bertz CT molecular complexity index is 724. The molecule has 0 bridgehead atoms. The van der Waals surface area contributed by atoms with Crippen LogP contribution in [0.4, 0.5) is 5.82 Å². The number of benzene rings is 1. The summed E-state index contributed by atoms with van der Waals surface area (Å²) in [5.41, 5.74) is 8.87. The van der Waals surface area contributed by atoms with Crippen molar-refractivity contribution in [1.82, 2.24) is 19.3 Å². The monoisotopic (exact) mass is 267 g/mol. The highest BCUT2D eigenvalue weighted by molar-refractivity contribution is 5.70. The maximum Gasteiger partial charge on any atom is 0.131 e. The maximum atomic E-state index is 6.12. The second-order valence-electron chi connectivity index (χ2n) is 4.68. The quantitative estimate of drug-likeness (QED) is 0.792. The third-order valence-corrected chi connectivity index (χ3v) is 3.42. The zero-order valence-electron chi connectivity index (χ0n) is 11.6. The molecular weight excluding hydrogens is 250 g/mol. The molecule has 3 rings (SSSR count). The number of imidazole rings is 1. The Kier molecular flexibility index (Phi) is 3.02. The van der Waals surface area contributed by atoms with Crippen LogP contribution in [0, 0.1) is 0 Å². The molecule has 2 aromatic heterocycles. The topological polar surface area (TPSA) is 61.7 Å². The fourth-order valence-electron chi connectivity index (χ4n) is 2.25. The van der Waals surface area contributed by atoms with Gasteiger partial charge in [0.2, 0.25) is 0 Å². The SMILES string of the molecule is CCc1nc(-c2cnn(-c3ccccc3)c2)c(N)n1C. The minimum Gasteiger partial charge on any atom is -0.383 e. The predicted octanol–water partition coefficient (Wildman–Crippen LogP) is 2.42. The first-order valence-electron chi connectivity index (χ1n) is 6.62. The van der Waals surface area contributed by atoms with E-state index >= 15 is 0 Å². The Morgan fingerprint density at radius 1 is 1.20 bits per heavy atom. The molecule has 0 atom stereocenters. The summed E-state index contributed by atoms with van der Waals surface area (Å²) >= 11 is 0. The predicted molar refractivity (Wildman–Crippen MR) is 79.6 cm³/mol. The van der Waals surface area contributed by atoms with Crippen LogP contribution in [0.5, 0.6) is 0 Å². The van der Waals surface area contributed by atoms with Gasteiger partial charge in [0.05, 0.1) is 11.9 Å². The number of aryl methyl sites for hydroxylation is 1. The lowest BCUT2D eigenvalue weighted by molar-refractivity contribution is 0.816. The number of hydrogen-bond donors (Lipinski definition) is 1. The molecule has 5 heteroatoms. The normalized spacial score (nSPS) is 10.9. The summed E-state index contributed by atoms with van der Waals surface area (Å²) in [5.74, 6) is 1.65. The third kappa shape index (κ3) is 1.97. The molecule has 0 spiro atoms. The van der Waals surface area contributed by atoms with Gasteiger partial charge in [-0.25, -0.2) is 9.67 Å². The molecule has 3 aromatic rings. The van der Waals surface area contributed by atoms with E-state index in [1.165, 1.54) is 0 Å². The zero-order valence-corrected chi connectivity index (χ0v) is 11.6. The van der Waals surface area contributed by atoms with Crippen LogP contribution in [0.3, 0.4) is 0 Å². The van der Waals surface area contributed by atoms with Crippen molar-refractivity contribution >= 4 is 5.82 Å². The van der Waals surface area contributed by atoms with E-state index in [0.29, 0.717) is 5.82 Å². The molecule has 5 nitrogen and oxygen atoms in total. The van der Waals surface area contributed by atoms with E-state index in [9.17, 15) is 0 Å². The van der Waals surface area contributed by atoms with Crippen LogP contribution in [0.2, 0.25) is 0 Å². The molecule has 0 aliphatic carbocycles. The summed E-state index contributed by atoms with van der Waals surface area (Å²) in [6.07, 6.45) is 4.60. The van der Waals surface area contributed by atoms with Crippen LogP contribution in [-0.4, -0.2) is 19.3 Å². The smallest absolute Gasteiger partial charge is 0.131 e. The Morgan fingerprint density at radius 3 is 2.60 bits per heavy atom. The van der Waals surface area contributed by atoms with Gasteiger partial charge >= 0.3 is 0 Å². The van der Waals surface area contributed by atoms with Crippen LogP contribution in [0.15, 0.2) is 42.7 Å². The van der Waals surface area contributed by atoms with Gasteiger partial charge in [0.15, 0.2) is 0 Å². The average Bonchev–Trinajstić information content (AvgIpc) is 3.07. The van der Waals surface area contributed by atoms with Crippen molar-refractivity contribution in [3.8, 4) is 16.9 Å². The molecule has 0 saturated carbocycles. The van der Waals surface area contributed by atoms with E-state index < -0.39 is 0 Å². The van der Waals surface area contributed by atoms with E-state index in [4.69, 9.17) is 5.73 Å². The van der Waals surface area contributed by atoms with Crippen molar-refractivity contribution in [2.24, 2.45) is 7.05 Å². The number of nitrogen functional groups attached to an aromatic ring is 1.